The molecule has 0 saturated carbocycles. The molecule has 1 rings (SSSR count). The lowest BCUT2D eigenvalue weighted by Crippen LogP contribution is -2.53. The first-order chi connectivity index (χ1) is 4.21. The zero-order valence-corrected chi connectivity index (χ0v) is 5.68. The number of carbonyl (C=O) groups is 1. The van der Waals surface area contributed by atoms with Crippen LogP contribution in [0.15, 0.2) is 0 Å². The Kier molecular flexibility index (Phi) is 1.55. The summed E-state index contributed by atoms with van der Waals surface area (Å²) in [6.07, 6.45) is 0. The van der Waals surface area contributed by atoms with Crippen molar-refractivity contribution >= 4 is 5.78 Å². The van der Waals surface area contributed by atoms with Crippen molar-refractivity contribution in [3.8, 4) is 0 Å². The van der Waals surface area contributed by atoms with E-state index < -0.39 is 5.54 Å². The predicted molar refractivity (Wildman–Crippen MR) is 33.5 cm³/mol. The maximum Gasteiger partial charge on any atom is 0.120 e. The molecule has 1 heterocycles. The standard InChI is InChI=1S/C6H10NO2/c1-5(8)6(7-2)3-9-4-6/h3-4H2,1-2H3/q-1. The fraction of sp³-hybridized carbons (Fsp3) is 0.833. The molecule has 0 unspecified atom stereocenters. The second kappa shape index (κ2) is 2.08. The minimum atomic E-state index is -0.472. The van der Waals surface area contributed by atoms with Crippen molar-refractivity contribution in [1.82, 2.24) is 0 Å². The minimum Gasteiger partial charge on any atom is -0.649 e. The Bertz CT molecular complexity index is 124. The Hall–Kier alpha value is -0.410. The van der Waals surface area contributed by atoms with Gasteiger partial charge in [0.25, 0.3) is 0 Å². The molecule has 3 nitrogen and oxygen atoms in total. The van der Waals surface area contributed by atoms with Gasteiger partial charge in [-0.15, -0.1) is 0 Å². The Morgan fingerprint density at radius 2 is 2.22 bits per heavy atom. The maximum absolute atomic E-state index is 10.8. The van der Waals surface area contributed by atoms with Crippen LogP contribution in [-0.2, 0) is 9.53 Å². The topological polar surface area (TPSA) is 40.4 Å². The van der Waals surface area contributed by atoms with Crippen LogP contribution >= 0.6 is 0 Å². The SMILES string of the molecule is C[N-]C1(C(C)=O)COC1. The lowest BCUT2D eigenvalue weighted by molar-refractivity contribution is -0.134. The number of carbonyl (C=O) groups excluding carboxylic acids is 1. The van der Waals surface area contributed by atoms with Gasteiger partial charge in [-0.1, -0.05) is 0 Å². The zero-order valence-electron chi connectivity index (χ0n) is 5.68. The summed E-state index contributed by atoms with van der Waals surface area (Å²) in [5, 5.41) is 3.95. The van der Waals surface area contributed by atoms with Crippen LogP contribution in [0.5, 0.6) is 0 Å². The summed E-state index contributed by atoms with van der Waals surface area (Å²) in [5.74, 6) is 0.108. The average Bonchev–Trinajstić information content (AvgIpc) is 1.62. The molecule has 0 aliphatic carbocycles. The lowest BCUT2D eigenvalue weighted by atomic mass is 9.93. The molecule has 9 heavy (non-hydrogen) atoms. The van der Waals surface area contributed by atoms with Crippen LogP contribution < -0.4 is 0 Å². The normalized spacial score (nSPS) is 22.9. The fourth-order valence-corrected chi connectivity index (χ4v) is 0.785. The van der Waals surface area contributed by atoms with Crippen molar-refractivity contribution in [1.29, 1.82) is 0 Å². The summed E-state index contributed by atoms with van der Waals surface area (Å²) in [6.45, 7) is 2.49. The number of hydrogen-bond donors (Lipinski definition) is 0. The molecule has 0 aromatic carbocycles. The Labute approximate surface area is 54.4 Å². The molecule has 0 atom stereocenters. The number of ketones is 1. The number of Topliss-reactive ketones (excluding diaryl/α,β-unsaturated/α-hetero) is 1. The molecule has 0 aromatic rings. The van der Waals surface area contributed by atoms with E-state index in [-0.39, 0.29) is 5.78 Å². The highest BCUT2D eigenvalue weighted by Gasteiger charge is 2.32. The highest BCUT2D eigenvalue weighted by atomic mass is 16.5. The fourth-order valence-electron chi connectivity index (χ4n) is 0.785. The van der Waals surface area contributed by atoms with Crippen LogP contribution in [0, 0.1) is 0 Å². The molecule has 1 aliphatic heterocycles. The van der Waals surface area contributed by atoms with Crippen molar-refractivity contribution in [3.63, 3.8) is 0 Å². The Balaban J connectivity index is 2.57. The molecule has 0 radical (unpaired) electrons. The van der Waals surface area contributed by atoms with Crippen LogP contribution in [0.4, 0.5) is 0 Å². The average molecular weight is 128 g/mol. The third-order valence-electron chi connectivity index (χ3n) is 1.77. The van der Waals surface area contributed by atoms with Crippen LogP contribution in [0.1, 0.15) is 6.92 Å². The molecule has 0 bridgehead atoms. The second-order valence-electron chi connectivity index (χ2n) is 2.30. The molecule has 1 aliphatic rings. The van der Waals surface area contributed by atoms with Crippen molar-refractivity contribution in [2.24, 2.45) is 0 Å². The molecular weight excluding hydrogens is 118 g/mol. The molecular formula is C6H10NO2-. The van der Waals surface area contributed by atoms with E-state index in [0.29, 0.717) is 13.2 Å². The van der Waals surface area contributed by atoms with Gasteiger partial charge in [0.1, 0.15) is 5.78 Å². The van der Waals surface area contributed by atoms with Gasteiger partial charge in [0.05, 0.1) is 0 Å². The second-order valence-corrected chi connectivity index (χ2v) is 2.30. The molecule has 0 N–H and O–H groups in total. The van der Waals surface area contributed by atoms with Crippen LogP contribution in [-0.4, -0.2) is 31.6 Å². The summed E-state index contributed by atoms with van der Waals surface area (Å²) >= 11 is 0. The first-order valence-corrected chi connectivity index (χ1v) is 2.91. The van der Waals surface area contributed by atoms with E-state index in [4.69, 9.17) is 4.74 Å². The summed E-state index contributed by atoms with van der Waals surface area (Å²) < 4.78 is 4.88. The molecule has 0 aromatic heterocycles. The van der Waals surface area contributed by atoms with Gasteiger partial charge in [0, 0.05) is 13.2 Å². The van der Waals surface area contributed by atoms with Crippen LogP contribution in [0.3, 0.4) is 0 Å². The number of nitrogens with zero attached hydrogens (tertiary/aromatic N) is 1. The van der Waals surface area contributed by atoms with Crippen molar-refractivity contribution < 1.29 is 9.53 Å². The number of rotatable bonds is 2. The van der Waals surface area contributed by atoms with Gasteiger partial charge in [0.15, 0.2) is 0 Å². The highest BCUT2D eigenvalue weighted by Crippen LogP contribution is 2.25. The first kappa shape index (κ1) is 6.71. The van der Waals surface area contributed by atoms with E-state index >= 15 is 0 Å². The van der Waals surface area contributed by atoms with Gasteiger partial charge in [-0.2, -0.15) is 7.05 Å². The number of ether oxygens (including phenoxy) is 1. The highest BCUT2D eigenvalue weighted by molar-refractivity contribution is 5.89. The first-order valence-electron chi connectivity index (χ1n) is 2.91. The summed E-state index contributed by atoms with van der Waals surface area (Å²) in [6, 6.07) is 0. The Morgan fingerprint density at radius 3 is 2.22 bits per heavy atom. The van der Waals surface area contributed by atoms with Crippen LogP contribution in [0.2, 0.25) is 0 Å². The van der Waals surface area contributed by atoms with Gasteiger partial charge >= 0.3 is 0 Å². The maximum atomic E-state index is 10.8. The van der Waals surface area contributed by atoms with Crippen molar-refractivity contribution in [3.05, 3.63) is 5.32 Å². The van der Waals surface area contributed by atoms with E-state index in [1.807, 2.05) is 0 Å². The molecule has 1 fully saturated rings. The van der Waals surface area contributed by atoms with Gasteiger partial charge < -0.3 is 14.8 Å². The van der Waals surface area contributed by atoms with Crippen LogP contribution in [0.25, 0.3) is 5.32 Å². The molecule has 1 saturated heterocycles. The lowest BCUT2D eigenvalue weighted by Gasteiger charge is -2.49. The third kappa shape index (κ3) is 0.862. The minimum absolute atomic E-state index is 0.108. The summed E-state index contributed by atoms with van der Waals surface area (Å²) in [5.41, 5.74) is -0.472. The van der Waals surface area contributed by atoms with Gasteiger partial charge in [-0.25, -0.2) is 0 Å². The monoisotopic (exact) mass is 128 g/mol. The quantitative estimate of drug-likeness (QED) is 0.538. The van der Waals surface area contributed by atoms with E-state index in [0.717, 1.165) is 0 Å². The predicted octanol–water partition coefficient (Wildman–Crippen LogP) is 0.348. The van der Waals surface area contributed by atoms with Gasteiger partial charge in [-0.3, -0.25) is 0 Å². The van der Waals surface area contributed by atoms with Gasteiger partial charge in [0.2, 0.25) is 0 Å². The summed E-state index contributed by atoms with van der Waals surface area (Å²) in [7, 11) is 1.66. The Morgan fingerprint density at radius 1 is 1.67 bits per heavy atom. The third-order valence-corrected chi connectivity index (χ3v) is 1.77. The summed E-state index contributed by atoms with van der Waals surface area (Å²) in [4.78, 5) is 10.8. The smallest absolute Gasteiger partial charge is 0.120 e. The molecule has 52 valence electrons. The van der Waals surface area contributed by atoms with E-state index in [9.17, 15) is 4.79 Å². The van der Waals surface area contributed by atoms with Crippen molar-refractivity contribution in [2.75, 3.05) is 20.3 Å². The number of likely N-dealkylation sites (N-methyl/N-ethyl adjacent to an activating group) is 1. The molecule has 0 spiro atoms. The largest absolute Gasteiger partial charge is 0.649 e. The van der Waals surface area contributed by atoms with Gasteiger partial charge in [-0.05, 0) is 12.5 Å². The molecule has 0 amide bonds. The van der Waals surface area contributed by atoms with Crippen molar-refractivity contribution in [2.45, 2.75) is 12.5 Å². The van der Waals surface area contributed by atoms with E-state index in [1.54, 1.807) is 14.0 Å². The van der Waals surface area contributed by atoms with E-state index in [1.165, 1.54) is 0 Å². The zero-order chi connectivity index (χ0) is 6.91. The van der Waals surface area contributed by atoms with E-state index in [2.05, 4.69) is 5.32 Å². The number of hydrogen-bond acceptors (Lipinski definition) is 2. The molecule has 3 heteroatoms.